The van der Waals surface area contributed by atoms with Gasteiger partial charge in [0.05, 0.1) is 5.41 Å². The van der Waals surface area contributed by atoms with Crippen LogP contribution in [0.1, 0.15) is 32.4 Å². The van der Waals surface area contributed by atoms with Crippen molar-refractivity contribution < 1.29 is 35.0 Å². The fraction of sp³-hybridized carbons (Fsp3) is 0.269. The quantitative estimate of drug-likeness (QED) is 0.471. The number of ether oxygens (including phenoxy) is 3. The first-order valence-electron chi connectivity index (χ1n) is 10.9. The predicted octanol–water partition coefficient (Wildman–Crippen LogP) is 5.78. The minimum absolute atomic E-state index is 0. The van der Waals surface area contributed by atoms with Gasteiger partial charge in [-0.2, -0.15) is 0 Å². The number of halogens is 3. The fourth-order valence-electron chi connectivity index (χ4n) is 4.39. The third-order valence-corrected chi connectivity index (χ3v) is 6.32. The van der Waals surface area contributed by atoms with Gasteiger partial charge in [-0.25, -0.2) is 0 Å². The lowest BCUT2D eigenvalue weighted by molar-refractivity contribution is -0.274. The van der Waals surface area contributed by atoms with Gasteiger partial charge in [0.1, 0.15) is 11.5 Å². The molecule has 0 amide bonds. The summed E-state index contributed by atoms with van der Waals surface area (Å²) in [6.07, 6.45) is -3.32. The zero-order chi connectivity index (χ0) is 23.9. The van der Waals surface area contributed by atoms with Crippen LogP contribution in [0.3, 0.4) is 0 Å². The van der Waals surface area contributed by atoms with Crippen molar-refractivity contribution in [3.8, 4) is 28.4 Å². The van der Waals surface area contributed by atoms with E-state index in [1.807, 2.05) is 12.1 Å². The van der Waals surface area contributed by atoms with Crippen LogP contribution in [0.25, 0.3) is 11.1 Å². The normalized spacial score (nSPS) is 15.8. The number of rotatable bonds is 7. The van der Waals surface area contributed by atoms with Crippen LogP contribution in [0.4, 0.5) is 13.2 Å². The molecule has 34 heavy (non-hydrogen) atoms. The lowest BCUT2D eigenvalue weighted by atomic mass is 9.87. The van der Waals surface area contributed by atoms with Gasteiger partial charge >= 0.3 is 6.36 Å². The van der Waals surface area contributed by atoms with Crippen molar-refractivity contribution in [1.82, 2.24) is 0 Å². The van der Waals surface area contributed by atoms with E-state index in [0.29, 0.717) is 35.5 Å². The first-order valence-corrected chi connectivity index (χ1v) is 10.9. The van der Waals surface area contributed by atoms with Gasteiger partial charge < -0.3 is 19.9 Å². The summed E-state index contributed by atoms with van der Waals surface area (Å²) in [5, 5.41) is 0. The van der Waals surface area contributed by atoms with Crippen LogP contribution in [-0.2, 0) is 23.2 Å². The highest BCUT2D eigenvalue weighted by atomic mass is 19.4. The van der Waals surface area contributed by atoms with E-state index in [2.05, 4.69) is 4.74 Å². The van der Waals surface area contributed by atoms with E-state index >= 15 is 0 Å². The van der Waals surface area contributed by atoms with E-state index in [4.69, 9.17) is 15.2 Å². The van der Waals surface area contributed by atoms with Crippen LogP contribution in [0.15, 0.2) is 60.7 Å². The van der Waals surface area contributed by atoms with Gasteiger partial charge in [0, 0.05) is 21.4 Å². The molecule has 180 valence electrons. The maximum absolute atomic E-state index is 13.4. The van der Waals surface area contributed by atoms with Crippen molar-refractivity contribution >= 4 is 5.78 Å². The first-order chi connectivity index (χ1) is 16.3. The topological polar surface area (TPSA) is 70.8 Å². The molecule has 5 nitrogen and oxygen atoms in total. The molecule has 0 unspecified atom stereocenters. The molecule has 0 bridgehead atoms. The monoisotopic (exact) mass is 473 g/mol. The van der Waals surface area contributed by atoms with Crippen LogP contribution >= 0.6 is 0 Å². The molecule has 1 saturated carbocycles. The van der Waals surface area contributed by atoms with Gasteiger partial charge in [-0.1, -0.05) is 30.3 Å². The number of fused-ring (bicyclic) bond motifs is 1. The molecular formula is C26H26F3NO4. The fourth-order valence-corrected chi connectivity index (χ4v) is 4.39. The second-order valence-electron chi connectivity index (χ2n) is 8.53. The Labute approximate surface area is 197 Å². The van der Waals surface area contributed by atoms with Gasteiger partial charge in [-0.05, 0) is 65.4 Å². The molecule has 0 saturated heterocycles. The van der Waals surface area contributed by atoms with Gasteiger partial charge in [0.15, 0.2) is 11.5 Å². The Hall–Kier alpha value is -3.52. The van der Waals surface area contributed by atoms with Gasteiger partial charge in [0.2, 0.25) is 6.79 Å². The summed E-state index contributed by atoms with van der Waals surface area (Å²) in [7, 11) is 0. The Morgan fingerprint density at radius 3 is 2.53 bits per heavy atom. The second-order valence-corrected chi connectivity index (χ2v) is 8.53. The van der Waals surface area contributed by atoms with Gasteiger partial charge in [-0.15, -0.1) is 13.2 Å². The van der Waals surface area contributed by atoms with E-state index in [9.17, 15) is 18.0 Å². The van der Waals surface area contributed by atoms with Crippen LogP contribution < -0.4 is 19.9 Å². The van der Waals surface area contributed by atoms with E-state index in [1.54, 1.807) is 36.4 Å². The van der Waals surface area contributed by atoms with Crippen LogP contribution in [-0.4, -0.2) is 18.9 Å². The average molecular weight is 473 g/mol. The highest BCUT2D eigenvalue weighted by Gasteiger charge is 2.50. The number of benzene rings is 3. The summed E-state index contributed by atoms with van der Waals surface area (Å²) in [6.45, 7) is 0.403. The molecule has 1 fully saturated rings. The lowest BCUT2D eigenvalue weighted by Gasteiger charge is -2.17. The van der Waals surface area contributed by atoms with Crippen molar-refractivity contribution in [2.45, 2.75) is 37.6 Å². The summed E-state index contributed by atoms with van der Waals surface area (Å²) in [6, 6.07) is 16.8. The number of ketones is 1. The molecule has 5 rings (SSSR count). The predicted molar refractivity (Wildman–Crippen MR) is 123 cm³/mol. The molecule has 0 aromatic heterocycles. The largest absolute Gasteiger partial charge is 0.573 e. The summed E-state index contributed by atoms with van der Waals surface area (Å²) in [4.78, 5) is 13.4. The Kier molecular flexibility index (Phi) is 5.48. The summed E-state index contributed by atoms with van der Waals surface area (Å²) >= 11 is 0. The molecule has 1 heterocycles. The van der Waals surface area contributed by atoms with E-state index in [1.165, 1.54) is 12.1 Å². The first kappa shape index (κ1) is 22.3. The van der Waals surface area contributed by atoms with Crippen molar-refractivity contribution in [1.29, 1.82) is 0 Å². The number of Topliss-reactive ketones (excluding diaryl/α,β-unsaturated/α-hetero) is 1. The Balaban J connectivity index is 0.00000180. The van der Waals surface area contributed by atoms with Crippen molar-refractivity contribution in [3.05, 3.63) is 77.4 Å². The number of hydrogen-bond acceptors (Lipinski definition) is 5. The molecular weight excluding hydrogens is 447 g/mol. The van der Waals surface area contributed by atoms with Gasteiger partial charge in [-0.3, -0.25) is 4.79 Å². The Bertz CT molecular complexity index is 1260. The zero-order valence-electron chi connectivity index (χ0n) is 18.2. The maximum atomic E-state index is 13.4. The molecule has 2 aliphatic rings. The van der Waals surface area contributed by atoms with Crippen LogP contribution in [0.2, 0.25) is 0 Å². The molecule has 3 aromatic rings. The van der Waals surface area contributed by atoms with Crippen LogP contribution in [0.5, 0.6) is 17.2 Å². The molecule has 3 aromatic carbocycles. The SMILES string of the molecule is NCc1cccc(-c2cc(CC(=O)C3(c4ccc5c(c4)OCO5)CC3)ccc2OC(F)(F)F)c1.[HH].[HH]. The minimum Gasteiger partial charge on any atom is -0.454 e. The number of nitrogens with two attached hydrogens (primary N) is 1. The number of carbonyl (C=O) groups excluding carboxylic acids is 1. The highest BCUT2D eigenvalue weighted by Crippen LogP contribution is 2.51. The molecule has 2 N–H and O–H groups in total. The van der Waals surface area contributed by atoms with Gasteiger partial charge in [0.25, 0.3) is 0 Å². The summed E-state index contributed by atoms with van der Waals surface area (Å²) in [5.41, 5.74) is 8.14. The number of hydrogen-bond donors (Lipinski definition) is 1. The third-order valence-electron chi connectivity index (χ3n) is 6.32. The Morgan fingerprint density at radius 1 is 1.00 bits per heavy atom. The van der Waals surface area contributed by atoms with E-state index in [-0.39, 0.29) is 39.7 Å². The average Bonchev–Trinajstić information content (AvgIpc) is 3.50. The molecule has 0 atom stereocenters. The molecule has 0 spiro atoms. The maximum Gasteiger partial charge on any atom is 0.573 e. The van der Waals surface area contributed by atoms with E-state index < -0.39 is 11.8 Å². The van der Waals surface area contributed by atoms with Crippen molar-refractivity contribution in [2.24, 2.45) is 5.73 Å². The van der Waals surface area contributed by atoms with E-state index in [0.717, 1.165) is 11.1 Å². The number of carbonyl (C=O) groups is 1. The molecule has 8 heteroatoms. The summed E-state index contributed by atoms with van der Waals surface area (Å²) < 4.78 is 54.1. The second kappa shape index (κ2) is 8.36. The Morgan fingerprint density at radius 2 is 1.79 bits per heavy atom. The summed E-state index contributed by atoms with van der Waals surface area (Å²) in [5.74, 6) is 0.955. The van der Waals surface area contributed by atoms with Crippen molar-refractivity contribution in [3.63, 3.8) is 0 Å². The molecule has 0 radical (unpaired) electrons. The van der Waals surface area contributed by atoms with Crippen LogP contribution in [0, 0.1) is 0 Å². The number of alkyl halides is 3. The zero-order valence-corrected chi connectivity index (χ0v) is 18.2. The minimum atomic E-state index is -4.84. The lowest BCUT2D eigenvalue weighted by Crippen LogP contribution is -2.22. The molecule has 1 aliphatic heterocycles. The molecule has 1 aliphatic carbocycles. The smallest absolute Gasteiger partial charge is 0.454 e. The van der Waals surface area contributed by atoms with Crippen molar-refractivity contribution in [2.75, 3.05) is 6.79 Å². The highest BCUT2D eigenvalue weighted by molar-refractivity contribution is 5.95. The third kappa shape index (κ3) is 4.33. The standard InChI is InChI=1S/C26H22F3NO4.2H2/c27-26(28,29)34-21-6-4-16(11-20(21)18-3-1-2-17(10-18)14-30)12-24(31)25(8-9-25)19-5-7-22-23(13-19)33-15-32-22;;/h1-7,10-11,13H,8-9,12,14-15,30H2;2*1H.